The maximum Gasteiger partial charge on any atom is 0.163 e. The molecule has 0 aromatic heterocycles. The summed E-state index contributed by atoms with van der Waals surface area (Å²) in [6, 6.07) is 20.9. The van der Waals surface area contributed by atoms with Crippen molar-refractivity contribution in [2.24, 2.45) is 0 Å². The Balaban J connectivity index is 1.62. The van der Waals surface area contributed by atoms with Crippen molar-refractivity contribution in [3.63, 3.8) is 0 Å². The van der Waals surface area contributed by atoms with Crippen LogP contribution in [0.5, 0.6) is 5.75 Å². The Morgan fingerprint density at radius 1 is 0.875 bits per heavy atom. The molecule has 3 aromatic rings. The molecule has 5 rings (SSSR count). The Kier molecular flexibility index (Phi) is 5.58. The quantitative estimate of drug-likeness (QED) is 0.438. The van der Waals surface area contributed by atoms with Crippen molar-refractivity contribution in [1.82, 2.24) is 0 Å². The van der Waals surface area contributed by atoms with Gasteiger partial charge < -0.3 is 15.4 Å². The van der Waals surface area contributed by atoms with Crippen LogP contribution in [0.15, 0.2) is 78.0 Å². The number of para-hydroxylation sites is 2. The van der Waals surface area contributed by atoms with E-state index in [2.05, 4.69) is 10.6 Å². The lowest BCUT2D eigenvalue weighted by Gasteiger charge is -2.30. The zero-order valence-electron chi connectivity index (χ0n) is 17.5. The molecular weight excluding hydrogens is 443 g/mol. The van der Waals surface area contributed by atoms with E-state index in [0.29, 0.717) is 28.5 Å². The predicted octanol–water partition coefficient (Wildman–Crippen LogP) is 6.98. The maximum atomic E-state index is 13.6. The van der Waals surface area contributed by atoms with Gasteiger partial charge in [0.2, 0.25) is 0 Å². The highest BCUT2D eigenvalue weighted by atomic mass is 35.5. The summed E-state index contributed by atoms with van der Waals surface area (Å²) < 4.78 is 5.28. The molecule has 1 aliphatic carbocycles. The van der Waals surface area contributed by atoms with E-state index < -0.39 is 6.04 Å². The normalized spacial score (nSPS) is 19.9. The third-order valence-electron chi connectivity index (χ3n) is 6.18. The van der Waals surface area contributed by atoms with Crippen LogP contribution in [0.1, 0.15) is 35.9 Å². The first-order valence-corrected chi connectivity index (χ1v) is 11.3. The largest absolute Gasteiger partial charge is 0.497 e. The average Bonchev–Trinajstić information content (AvgIpc) is 2.96. The monoisotopic (exact) mass is 464 g/mol. The van der Waals surface area contributed by atoms with Gasteiger partial charge in [0.05, 0.1) is 24.5 Å². The lowest BCUT2D eigenvalue weighted by molar-refractivity contribution is -0.116. The average molecular weight is 465 g/mol. The number of carbonyl (C=O) groups is 1. The lowest BCUT2D eigenvalue weighted by atomic mass is 9.78. The number of fused-ring (bicyclic) bond motifs is 1. The van der Waals surface area contributed by atoms with Gasteiger partial charge in [0.15, 0.2) is 5.78 Å². The van der Waals surface area contributed by atoms with Crippen molar-refractivity contribution in [3.05, 3.63) is 99.2 Å². The summed E-state index contributed by atoms with van der Waals surface area (Å²) in [5, 5.41) is 8.14. The van der Waals surface area contributed by atoms with E-state index in [1.807, 2.05) is 66.7 Å². The van der Waals surface area contributed by atoms with Gasteiger partial charge in [-0.2, -0.15) is 0 Å². The van der Waals surface area contributed by atoms with Crippen LogP contribution in [0.2, 0.25) is 10.0 Å². The Morgan fingerprint density at radius 2 is 1.56 bits per heavy atom. The van der Waals surface area contributed by atoms with Crippen molar-refractivity contribution < 1.29 is 9.53 Å². The molecule has 162 valence electrons. The first-order chi connectivity index (χ1) is 15.5. The van der Waals surface area contributed by atoms with Gasteiger partial charge in [-0.25, -0.2) is 0 Å². The van der Waals surface area contributed by atoms with Crippen LogP contribution in [0.3, 0.4) is 0 Å². The van der Waals surface area contributed by atoms with E-state index in [-0.39, 0.29) is 11.7 Å². The highest BCUT2D eigenvalue weighted by Gasteiger charge is 2.37. The van der Waals surface area contributed by atoms with Crippen LogP contribution in [-0.2, 0) is 4.79 Å². The zero-order chi connectivity index (χ0) is 22.2. The van der Waals surface area contributed by atoms with E-state index >= 15 is 0 Å². The first-order valence-electron chi connectivity index (χ1n) is 10.5. The van der Waals surface area contributed by atoms with Crippen molar-refractivity contribution in [2.45, 2.75) is 24.8 Å². The van der Waals surface area contributed by atoms with Gasteiger partial charge in [0, 0.05) is 33.3 Å². The van der Waals surface area contributed by atoms with Crippen molar-refractivity contribution in [3.8, 4) is 5.75 Å². The fourth-order valence-electron chi connectivity index (χ4n) is 4.61. The Labute approximate surface area is 197 Å². The van der Waals surface area contributed by atoms with Gasteiger partial charge >= 0.3 is 0 Å². The number of hydrogen-bond acceptors (Lipinski definition) is 4. The molecule has 1 aliphatic heterocycles. The van der Waals surface area contributed by atoms with E-state index in [4.69, 9.17) is 27.9 Å². The summed E-state index contributed by atoms with van der Waals surface area (Å²) >= 11 is 13.2. The molecule has 0 saturated carbocycles. The SMILES string of the molecule is COc1ccc(C2CC(=O)C3=C(C2)Nc2ccccc2NC3c2c(Cl)cccc2Cl)cc1. The molecule has 32 heavy (non-hydrogen) atoms. The molecule has 0 amide bonds. The molecule has 3 aromatic carbocycles. The summed E-state index contributed by atoms with van der Waals surface area (Å²) in [7, 11) is 1.65. The van der Waals surface area contributed by atoms with Crippen molar-refractivity contribution in [1.29, 1.82) is 0 Å². The van der Waals surface area contributed by atoms with Crippen LogP contribution < -0.4 is 15.4 Å². The Bertz CT molecular complexity index is 1200. The second kappa shape index (κ2) is 8.53. The fraction of sp³-hybridized carbons (Fsp3) is 0.192. The molecule has 4 nitrogen and oxygen atoms in total. The van der Waals surface area contributed by atoms with Crippen molar-refractivity contribution in [2.75, 3.05) is 17.7 Å². The van der Waals surface area contributed by atoms with Gasteiger partial charge in [-0.3, -0.25) is 4.79 Å². The minimum atomic E-state index is -0.438. The van der Waals surface area contributed by atoms with Crippen LogP contribution in [0, 0.1) is 0 Å². The van der Waals surface area contributed by atoms with Crippen LogP contribution in [-0.4, -0.2) is 12.9 Å². The summed E-state index contributed by atoms with van der Waals surface area (Å²) in [6.45, 7) is 0. The number of nitrogens with one attached hydrogen (secondary N) is 2. The number of anilines is 2. The van der Waals surface area contributed by atoms with E-state index in [1.54, 1.807) is 7.11 Å². The summed E-state index contributed by atoms with van der Waals surface area (Å²) in [4.78, 5) is 13.6. The van der Waals surface area contributed by atoms with Crippen LogP contribution in [0.4, 0.5) is 11.4 Å². The number of halogens is 2. The lowest BCUT2D eigenvalue weighted by Crippen LogP contribution is -2.27. The minimum absolute atomic E-state index is 0.0762. The van der Waals surface area contributed by atoms with Gasteiger partial charge in [-0.05, 0) is 54.3 Å². The van der Waals surface area contributed by atoms with Gasteiger partial charge in [-0.1, -0.05) is 53.5 Å². The molecule has 6 heteroatoms. The molecule has 2 unspecified atom stereocenters. The van der Waals surface area contributed by atoms with E-state index in [1.165, 1.54) is 0 Å². The highest BCUT2D eigenvalue weighted by Crippen LogP contribution is 2.46. The number of allylic oxidation sites excluding steroid dienone is 1. The van der Waals surface area contributed by atoms with Crippen LogP contribution in [0.25, 0.3) is 0 Å². The van der Waals surface area contributed by atoms with Gasteiger partial charge in [0.1, 0.15) is 5.75 Å². The molecule has 2 aliphatic rings. The topological polar surface area (TPSA) is 50.4 Å². The number of Topliss-reactive ketones (excluding diaryl/α,β-unsaturated/α-hetero) is 1. The minimum Gasteiger partial charge on any atom is -0.497 e. The molecule has 0 radical (unpaired) electrons. The molecule has 0 fully saturated rings. The molecular formula is C26H22Cl2N2O2. The molecule has 0 saturated heterocycles. The summed E-state index contributed by atoms with van der Waals surface area (Å²) in [6.07, 6.45) is 1.13. The number of ether oxygens (including phenoxy) is 1. The highest BCUT2D eigenvalue weighted by molar-refractivity contribution is 6.36. The Hall–Kier alpha value is -2.95. The summed E-state index contributed by atoms with van der Waals surface area (Å²) in [5.41, 5.74) is 5.26. The third kappa shape index (κ3) is 3.74. The van der Waals surface area contributed by atoms with E-state index in [0.717, 1.165) is 33.9 Å². The molecule has 2 N–H and O–H groups in total. The summed E-state index contributed by atoms with van der Waals surface area (Å²) in [5.74, 6) is 0.961. The number of rotatable bonds is 3. The maximum absolute atomic E-state index is 13.6. The van der Waals surface area contributed by atoms with Gasteiger partial charge in [0.25, 0.3) is 0 Å². The molecule has 0 spiro atoms. The number of hydrogen-bond donors (Lipinski definition) is 2. The van der Waals surface area contributed by atoms with Gasteiger partial charge in [-0.15, -0.1) is 0 Å². The molecule has 0 bridgehead atoms. The number of carbonyl (C=O) groups excluding carboxylic acids is 1. The second-order valence-corrected chi connectivity index (χ2v) is 8.89. The first kappa shape index (κ1) is 20.9. The van der Waals surface area contributed by atoms with Crippen molar-refractivity contribution >= 4 is 40.4 Å². The zero-order valence-corrected chi connectivity index (χ0v) is 19.0. The third-order valence-corrected chi connectivity index (χ3v) is 6.84. The molecule has 2 atom stereocenters. The predicted molar refractivity (Wildman–Crippen MR) is 130 cm³/mol. The number of methoxy groups -OCH3 is 1. The standard InChI is InChI=1S/C26H22Cl2N2O2/c1-32-17-11-9-15(10-12-17)16-13-22-25(23(31)14-16)26(24-18(27)5-4-6-19(24)28)30-21-8-3-2-7-20(21)29-22/h2-12,16,26,29-30H,13-14H2,1H3. The van der Waals surface area contributed by atoms with E-state index in [9.17, 15) is 4.79 Å². The Morgan fingerprint density at radius 3 is 2.25 bits per heavy atom. The number of benzene rings is 3. The smallest absolute Gasteiger partial charge is 0.163 e. The second-order valence-electron chi connectivity index (χ2n) is 8.08. The molecule has 1 heterocycles. The van der Waals surface area contributed by atoms with Crippen LogP contribution >= 0.6 is 23.2 Å². The fourth-order valence-corrected chi connectivity index (χ4v) is 5.22. The number of ketones is 1.